The van der Waals surface area contributed by atoms with E-state index in [9.17, 15) is 0 Å². The van der Waals surface area contributed by atoms with Crippen molar-refractivity contribution >= 4 is 51.7 Å². The summed E-state index contributed by atoms with van der Waals surface area (Å²) in [6.07, 6.45) is 0. The van der Waals surface area contributed by atoms with Gasteiger partial charge in [-0.25, -0.2) is 0 Å². The molecule has 9 heavy (non-hydrogen) atoms. The molecular weight excluding hydrogens is 427 g/mol. The molecule has 0 spiro atoms. The van der Waals surface area contributed by atoms with E-state index in [1.807, 2.05) is 0 Å². The minimum absolute atomic E-state index is 0. The zero-order valence-electron chi connectivity index (χ0n) is 3.83. The first-order valence-corrected chi connectivity index (χ1v) is 0. The fourth-order valence-electron chi connectivity index (χ4n) is 0. The molecule has 0 atom stereocenters. The van der Waals surface area contributed by atoms with E-state index in [1.165, 1.54) is 0 Å². The molecule has 0 N–H and O–H groups in total. The summed E-state index contributed by atoms with van der Waals surface area (Å²) in [5.41, 5.74) is 0. The maximum atomic E-state index is 0. The second kappa shape index (κ2) is 150. The van der Waals surface area contributed by atoms with Crippen molar-refractivity contribution in [2.24, 2.45) is 0 Å². The van der Waals surface area contributed by atoms with Gasteiger partial charge in [0, 0.05) is 0 Å². The van der Waals surface area contributed by atoms with Gasteiger partial charge in [0.05, 0.1) is 0 Å². The topological polar surface area (TPSA) is 142 Å². The van der Waals surface area contributed by atoms with Gasteiger partial charge in [-0.2, -0.15) is 0 Å². The zero-order chi connectivity index (χ0) is 0. The minimum Gasteiger partial charge on any atom is -2.00 e. The molecule has 0 rings (SSSR count). The van der Waals surface area contributed by atoms with Crippen LogP contribution in [-0.2, 0) is 60.4 Å². The Morgan fingerprint density at radius 2 is 0.333 bits per heavy atom. The second-order valence-corrected chi connectivity index (χ2v) is 0. The first-order valence-electron chi connectivity index (χ1n) is 0. The van der Waals surface area contributed by atoms with Crippen LogP contribution in [0.3, 0.4) is 0 Å². The van der Waals surface area contributed by atoms with Crippen LogP contribution in [0.2, 0.25) is 0 Å². The summed E-state index contributed by atoms with van der Waals surface area (Å²) >= 11 is 0. The molecular formula is In2Ni2O5. The number of hydrogen-bond acceptors (Lipinski definition) is 0. The van der Waals surface area contributed by atoms with Crippen molar-refractivity contribution in [1.29, 1.82) is 0 Å². The second-order valence-electron chi connectivity index (χ2n) is 0. The third kappa shape index (κ3) is 120. The van der Waals surface area contributed by atoms with Gasteiger partial charge in [-0.15, -0.1) is 0 Å². The van der Waals surface area contributed by atoms with Crippen molar-refractivity contribution in [3.05, 3.63) is 0 Å². The van der Waals surface area contributed by atoms with E-state index in [2.05, 4.69) is 0 Å². The van der Waals surface area contributed by atoms with Gasteiger partial charge in [0.2, 0.25) is 0 Å². The van der Waals surface area contributed by atoms with Gasteiger partial charge in [0.15, 0.2) is 0 Å². The molecule has 0 amide bonds. The van der Waals surface area contributed by atoms with E-state index < -0.39 is 0 Å². The van der Waals surface area contributed by atoms with E-state index in [0.29, 0.717) is 0 Å². The van der Waals surface area contributed by atoms with Crippen molar-refractivity contribution in [1.82, 2.24) is 0 Å². The molecule has 56 valence electrons. The Bertz CT molecular complexity index is 12.9. The van der Waals surface area contributed by atoms with Gasteiger partial charge >= 0.3 is 84.7 Å². The molecule has 0 fully saturated rings. The molecule has 0 saturated carbocycles. The monoisotopic (exact) mass is 426 g/mol. The maximum absolute atomic E-state index is 0. The van der Waals surface area contributed by atoms with Crippen LogP contribution in [0.25, 0.3) is 0 Å². The standard InChI is InChI=1S/2In.2Ni.5O/q2*+3;2*+2;5*-2. The predicted molar refractivity (Wildman–Crippen MR) is 14.9 cm³/mol. The molecule has 9 heteroatoms. The van der Waals surface area contributed by atoms with Gasteiger partial charge in [-0.05, 0) is 0 Å². The molecule has 0 aliphatic carbocycles. The van der Waals surface area contributed by atoms with Crippen molar-refractivity contribution in [3.8, 4) is 0 Å². The fourth-order valence-corrected chi connectivity index (χ4v) is 0. The first kappa shape index (κ1) is 200. The van der Waals surface area contributed by atoms with Gasteiger partial charge < -0.3 is 27.4 Å². The van der Waals surface area contributed by atoms with Gasteiger partial charge in [-0.3, -0.25) is 0 Å². The Labute approximate surface area is 111 Å². The zero-order valence-corrected chi connectivity index (χ0v) is 12.4. The van der Waals surface area contributed by atoms with Crippen molar-refractivity contribution in [2.45, 2.75) is 0 Å². The van der Waals surface area contributed by atoms with E-state index in [0.717, 1.165) is 0 Å². The third-order valence-corrected chi connectivity index (χ3v) is 0. The average Bonchev–Trinajstić information content (AvgIpc) is 0. The van der Waals surface area contributed by atoms with Crippen LogP contribution >= 0.6 is 0 Å². The van der Waals surface area contributed by atoms with Crippen LogP contribution in [0.5, 0.6) is 0 Å². The SMILES string of the molecule is [In+3].[In+3].[Ni+2].[Ni+2].[O-2].[O-2].[O-2].[O-2].[O-2]. The summed E-state index contributed by atoms with van der Waals surface area (Å²) < 4.78 is 0. The summed E-state index contributed by atoms with van der Waals surface area (Å²) in [6, 6.07) is 0. The molecule has 0 aromatic heterocycles. The number of hydrogen-bond donors (Lipinski definition) is 0. The quantitative estimate of drug-likeness (QED) is 0.421. The average molecular weight is 427 g/mol. The fraction of sp³-hybridized carbons (Fsp3) is 0. The summed E-state index contributed by atoms with van der Waals surface area (Å²) in [5.74, 6) is 0. The van der Waals surface area contributed by atoms with Crippen molar-refractivity contribution < 1.29 is 60.4 Å². The summed E-state index contributed by atoms with van der Waals surface area (Å²) in [6.45, 7) is 0. The van der Waals surface area contributed by atoms with Gasteiger partial charge in [0.25, 0.3) is 0 Å². The Kier molecular flexibility index (Phi) is 3320. The Hall–Kier alpha value is 2.53. The van der Waals surface area contributed by atoms with Crippen LogP contribution in [0.4, 0.5) is 0 Å². The van der Waals surface area contributed by atoms with E-state index in [1.54, 1.807) is 0 Å². The molecule has 0 radical (unpaired) electrons. The summed E-state index contributed by atoms with van der Waals surface area (Å²) in [5, 5.41) is 0. The van der Waals surface area contributed by atoms with Crippen LogP contribution < -0.4 is 0 Å². The van der Waals surface area contributed by atoms with Crippen molar-refractivity contribution in [2.75, 3.05) is 0 Å². The minimum atomic E-state index is 0. The van der Waals surface area contributed by atoms with Crippen molar-refractivity contribution in [3.63, 3.8) is 0 Å². The molecule has 0 heterocycles. The van der Waals surface area contributed by atoms with E-state index >= 15 is 0 Å². The molecule has 0 aliphatic heterocycles. The maximum Gasteiger partial charge on any atom is 3.00 e. The van der Waals surface area contributed by atoms with E-state index in [-0.39, 0.29) is 112 Å². The Morgan fingerprint density at radius 3 is 0.333 bits per heavy atom. The van der Waals surface area contributed by atoms with E-state index in [4.69, 9.17) is 0 Å². The number of rotatable bonds is 0. The predicted octanol–water partition coefficient (Wildman–Crippen LogP) is -1.36. The van der Waals surface area contributed by atoms with Crippen LogP contribution in [0.1, 0.15) is 0 Å². The molecule has 5 nitrogen and oxygen atoms in total. The van der Waals surface area contributed by atoms with Crippen LogP contribution in [0.15, 0.2) is 0 Å². The molecule has 0 bridgehead atoms. The smallest absolute Gasteiger partial charge is 2.00 e. The molecule has 0 aromatic carbocycles. The molecule has 0 saturated heterocycles. The normalized spacial score (nSPS) is 0. The Morgan fingerprint density at radius 1 is 0.333 bits per heavy atom. The van der Waals surface area contributed by atoms with Gasteiger partial charge in [-0.1, -0.05) is 0 Å². The largest absolute Gasteiger partial charge is 3.00 e. The molecule has 0 aliphatic rings. The molecule has 0 aromatic rings. The summed E-state index contributed by atoms with van der Waals surface area (Å²) in [4.78, 5) is 0. The van der Waals surface area contributed by atoms with Crippen LogP contribution in [0, 0.1) is 0 Å². The third-order valence-electron chi connectivity index (χ3n) is 0. The Balaban J connectivity index is 0. The van der Waals surface area contributed by atoms with Crippen LogP contribution in [-0.4, -0.2) is 51.7 Å². The van der Waals surface area contributed by atoms with Gasteiger partial charge in [0.1, 0.15) is 0 Å². The first-order chi connectivity index (χ1) is 0. The summed E-state index contributed by atoms with van der Waals surface area (Å²) in [7, 11) is 0. The molecule has 0 unspecified atom stereocenters.